The predicted octanol–water partition coefficient (Wildman–Crippen LogP) is 2.99. The van der Waals surface area contributed by atoms with E-state index in [1.807, 2.05) is 6.92 Å². The Bertz CT molecular complexity index is 532. The summed E-state index contributed by atoms with van der Waals surface area (Å²) in [6.45, 7) is 7.11. The number of nitrogens with two attached hydrogens (primary N) is 1. The van der Waals surface area contributed by atoms with Crippen LogP contribution in [0.4, 0.5) is 0 Å². The van der Waals surface area contributed by atoms with Crippen LogP contribution in [0.1, 0.15) is 23.7 Å². The molecule has 2 nitrogen and oxygen atoms in total. The number of nitrogens with zero attached hydrogens (tertiary/aromatic N) is 1. The Kier molecular flexibility index (Phi) is 3.43. The quantitative estimate of drug-likeness (QED) is 0.877. The molecule has 1 aromatic carbocycles. The van der Waals surface area contributed by atoms with Crippen molar-refractivity contribution in [2.24, 2.45) is 11.7 Å². The monoisotopic (exact) mass is 228 g/mol. The van der Waals surface area contributed by atoms with E-state index in [0.29, 0.717) is 5.92 Å². The summed E-state index contributed by atoms with van der Waals surface area (Å²) in [7, 11) is 0. The standard InChI is InChI=1S/C15H20N2/c1-10(9-16)6-13-4-5-15-14(8-13)11(2)7-12(3)17-15/h4-5,7-8,10H,6,9,16H2,1-3H3. The van der Waals surface area contributed by atoms with E-state index in [4.69, 9.17) is 5.73 Å². The molecule has 1 atom stereocenters. The lowest BCUT2D eigenvalue weighted by Crippen LogP contribution is -2.13. The summed E-state index contributed by atoms with van der Waals surface area (Å²) in [5.74, 6) is 0.533. The zero-order valence-corrected chi connectivity index (χ0v) is 10.8. The molecule has 2 rings (SSSR count). The molecule has 2 aromatic rings. The molecule has 0 spiro atoms. The molecular weight excluding hydrogens is 208 g/mol. The van der Waals surface area contributed by atoms with Gasteiger partial charge in [-0.25, -0.2) is 0 Å². The summed E-state index contributed by atoms with van der Waals surface area (Å²) in [4.78, 5) is 4.55. The smallest absolute Gasteiger partial charge is 0.0708 e. The lowest BCUT2D eigenvalue weighted by molar-refractivity contribution is 0.593. The molecule has 0 aliphatic rings. The van der Waals surface area contributed by atoms with Gasteiger partial charge in [-0.05, 0) is 62.1 Å². The Hall–Kier alpha value is -1.41. The Morgan fingerprint density at radius 1 is 1.24 bits per heavy atom. The molecule has 2 N–H and O–H groups in total. The predicted molar refractivity (Wildman–Crippen MR) is 73.1 cm³/mol. The maximum absolute atomic E-state index is 5.67. The summed E-state index contributed by atoms with van der Waals surface area (Å²) < 4.78 is 0. The lowest BCUT2D eigenvalue weighted by atomic mass is 9.98. The van der Waals surface area contributed by atoms with Gasteiger partial charge in [0.1, 0.15) is 0 Å². The fourth-order valence-corrected chi connectivity index (χ4v) is 2.22. The van der Waals surface area contributed by atoms with E-state index < -0.39 is 0 Å². The second-order valence-corrected chi connectivity index (χ2v) is 4.98. The zero-order chi connectivity index (χ0) is 12.4. The number of fused-ring (bicyclic) bond motifs is 1. The molecule has 1 heterocycles. The van der Waals surface area contributed by atoms with Gasteiger partial charge in [0, 0.05) is 11.1 Å². The second-order valence-electron chi connectivity index (χ2n) is 4.98. The largest absolute Gasteiger partial charge is 0.330 e. The molecule has 90 valence electrons. The van der Waals surface area contributed by atoms with Gasteiger partial charge >= 0.3 is 0 Å². The van der Waals surface area contributed by atoms with Crippen molar-refractivity contribution in [2.45, 2.75) is 27.2 Å². The van der Waals surface area contributed by atoms with Crippen molar-refractivity contribution in [1.29, 1.82) is 0 Å². The number of pyridine rings is 1. The number of hydrogen-bond donors (Lipinski definition) is 1. The Labute approximate surface area is 103 Å². The van der Waals surface area contributed by atoms with Crippen LogP contribution in [-0.4, -0.2) is 11.5 Å². The first-order valence-electron chi connectivity index (χ1n) is 6.17. The van der Waals surface area contributed by atoms with Crippen LogP contribution in [0.5, 0.6) is 0 Å². The van der Waals surface area contributed by atoms with Crippen LogP contribution < -0.4 is 5.73 Å². The van der Waals surface area contributed by atoms with Crippen LogP contribution in [0.2, 0.25) is 0 Å². The van der Waals surface area contributed by atoms with Crippen LogP contribution in [0.3, 0.4) is 0 Å². The van der Waals surface area contributed by atoms with Crippen LogP contribution in [0.15, 0.2) is 24.3 Å². The first-order valence-corrected chi connectivity index (χ1v) is 6.17. The van der Waals surface area contributed by atoms with Crippen molar-refractivity contribution < 1.29 is 0 Å². The van der Waals surface area contributed by atoms with Crippen molar-refractivity contribution in [1.82, 2.24) is 4.98 Å². The average molecular weight is 228 g/mol. The fraction of sp³-hybridized carbons (Fsp3) is 0.400. The molecule has 2 heteroatoms. The van der Waals surface area contributed by atoms with E-state index in [0.717, 1.165) is 24.2 Å². The molecule has 1 aromatic heterocycles. The third kappa shape index (κ3) is 2.64. The number of aromatic nitrogens is 1. The minimum absolute atomic E-state index is 0.533. The maximum Gasteiger partial charge on any atom is 0.0708 e. The summed E-state index contributed by atoms with van der Waals surface area (Å²) in [5.41, 5.74) is 10.5. The molecular formula is C15H20N2. The summed E-state index contributed by atoms with van der Waals surface area (Å²) >= 11 is 0. The zero-order valence-electron chi connectivity index (χ0n) is 10.8. The summed E-state index contributed by atoms with van der Waals surface area (Å²) in [6, 6.07) is 8.68. The summed E-state index contributed by atoms with van der Waals surface area (Å²) in [5, 5.41) is 1.26. The maximum atomic E-state index is 5.67. The van der Waals surface area contributed by atoms with Crippen molar-refractivity contribution in [2.75, 3.05) is 6.54 Å². The number of rotatable bonds is 3. The highest BCUT2D eigenvalue weighted by Crippen LogP contribution is 2.20. The molecule has 17 heavy (non-hydrogen) atoms. The van der Waals surface area contributed by atoms with Gasteiger partial charge in [-0.2, -0.15) is 0 Å². The highest BCUT2D eigenvalue weighted by atomic mass is 14.7. The number of hydrogen-bond acceptors (Lipinski definition) is 2. The average Bonchev–Trinajstić information content (AvgIpc) is 2.29. The van der Waals surface area contributed by atoms with Crippen molar-refractivity contribution in [3.05, 3.63) is 41.1 Å². The number of benzene rings is 1. The summed E-state index contributed by atoms with van der Waals surface area (Å²) in [6.07, 6.45) is 1.04. The Morgan fingerprint density at radius 3 is 2.71 bits per heavy atom. The van der Waals surface area contributed by atoms with Gasteiger partial charge < -0.3 is 5.73 Å². The second kappa shape index (κ2) is 4.84. The first kappa shape index (κ1) is 12.1. The molecule has 0 bridgehead atoms. The number of aryl methyl sites for hydroxylation is 2. The van der Waals surface area contributed by atoms with Crippen molar-refractivity contribution >= 4 is 10.9 Å². The van der Waals surface area contributed by atoms with Gasteiger partial charge in [-0.15, -0.1) is 0 Å². The van der Waals surface area contributed by atoms with E-state index in [-0.39, 0.29) is 0 Å². The third-order valence-electron chi connectivity index (χ3n) is 3.19. The Morgan fingerprint density at radius 2 is 2.00 bits per heavy atom. The highest BCUT2D eigenvalue weighted by Gasteiger charge is 2.05. The SMILES string of the molecule is Cc1cc(C)c2cc(CC(C)CN)ccc2n1. The van der Waals surface area contributed by atoms with E-state index in [1.54, 1.807) is 0 Å². The topological polar surface area (TPSA) is 38.9 Å². The molecule has 0 radical (unpaired) electrons. The molecule has 0 saturated carbocycles. The fourth-order valence-electron chi connectivity index (χ4n) is 2.22. The van der Waals surface area contributed by atoms with Crippen molar-refractivity contribution in [3.8, 4) is 0 Å². The molecule has 0 amide bonds. The van der Waals surface area contributed by atoms with Crippen LogP contribution in [-0.2, 0) is 6.42 Å². The first-order chi connectivity index (χ1) is 8.10. The van der Waals surface area contributed by atoms with E-state index in [1.165, 1.54) is 16.5 Å². The molecule has 0 fully saturated rings. The van der Waals surface area contributed by atoms with Crippen molar-refractivity contribution in [3.63, 3.8) is 0 Å². The third-order valence-corrected chi connectivity index (χ3v) is 3.19. The van der Waals surface area contributed by atoms with E-state index in [2.05, 4.69) is 43.1 Å². The van der Waals surface area contributed by atoms with E-state index in [9.17, 15) is 0 Å². The Balaban J connectivity index is 2.43. The lowest BCUT2D eigenvalue weighted by Gasteiger charge is -2.10. The van der Waals surface area contributed by atoms with Gasteiger partial charge in [0.15, 0.2) is 0 Å². The van der Waals surface area contributed by atoms with Gasteiger partial charge in [-0.1, -0.05) is 13.0 Å². The normalized spacial score (nSPS) is 12.9. The van der Waals surface area contributed by atoms with Gasteiger partial charge in [0.2, 0.25) is 0 Å². The van der Waals surface area contributed by atoms with Gasteiger partial charge in [0.05, 0.1) is 5.52 Å². The van der Waals surface area contributed by atoms with Crippen LogP contribution >= 0.6 is 0 Å². The van der Waals surface area contributed by atoms with Crippen LogP contribution in [0.25, 0.3) is 10.9 Å². The minimum Gasteiger partial charge on any atom is -0.330 e. The van der Waals surface area contributed by atoms with Crippen LogP contribution in [0, 0.1) is 19.8 Å². The molecule has 0 aliphatic carbocycles. The minimum atomic E-state index is 0.533. The molecule has 0 saturated heterocycles. The highest BCUT2D eigenvalue weighted by molar-refractivity contribution is 5.82. The van der Waals surface area contributed by atoms with E-state index >= 15 is 0 Å². The molecule has 0 aliphatic heterocycles. The van der Waals surface area contributed by atoms with Gasteiger partial charge in [-0.3, -0.25) is 4.98 Å². The molecule has 1 unspecified atom stereocenters. The van der Waals surface area contributed by atoms with Gasteiger partial charge in [0.25, 0.3) is 0 Å².